The van der Waals surface area contributed by atoms with E-state index in [-0.39, 0.29) is 6.10 Å². The highest BCUT2D eigenvalue weighted by molar-refractivity contribution is 5.89. The summed E-state index contributed by atoms with van der Waals surface area (Å²) < 4.78 is 6.14. The number of aromatic amines is 1. The van der Waals surface area contributed by atoms with Crippen molar-refractivity contribution in [2.24, 2.45) is 5.92 Å². The number of piperidine rings is 3. The summed E-state index contributed by atoms with van der Waals surface area (Å²) in [6.45, 7) is 5.57. The van der Waals surface area contributed by atoms with Crippen LogP contribution >= 0.6 is 0 Å². The predicted octanol–water partition coefficient (Wildman–Crippen LogP) is 3.12. The molecule has 33 heavy (non-hydrogen) atoms. The van der Waals surface area contributed by atoms with Crippen LogP contribution in [0.1, 0.15) is 18.4 Å². The van der Waals surface area contributed by atoms with Crippen LogP contribution in [-0.4, -0.2) is 68.0 Å². The van der Waals surface area contributed by atoms with Crippen LogP contribution < -0.4 is 4.74 Å². The molecule has 0 saturated carbocycles. The van der Waals surface area contributed by atoms with Gasteiger partial charge in [0.1, 0.15) is 6.10 Å². The number of nitrogens with zero attached hydrogens (tertiary/aromatic N) is 3. The number of hydrogen-bond acceptors (Lipinski definition) is 6. The van der Waals surface area contributed by atoms with E-state index in [9.17, 15) is 9.59 Å². The minimum atomic E-state index is -1.26. The SMILES string of the molecule is Cc1c[nH]c2ccc(-c3ccc(O[C@H]4CN5CCC4CC5)nn3)cc12.O=C(O)C=CC(=O)O. The fourth-order valence-electron chi connectivity index (χ4n) is 4.30. The second-order valence-electron chi connectivity index (χ2n) is 8.29. The van der Waals surface area contributed by atoms with Crippen LogP contribution in [0.3, 0.4) is 0 Å². The van der Waals surface area contributed by atoms with Gasteiger partial charge >= 0.3 is 11.9 Å². The molecule has 0 aliphatic carbocycles. The van der Waals surface area contributed by atoms with Crippen molar-refractivity contribution in [1.82, 2.24) is 20.1 Å². The molecule has 1 atom stereocenters. The van der Waals surface area contributed by atoms with Gasteiger partial charge in [-0.15, -0.1) is 10.2 Å². The van der Waals surface area contributed by atoms with Crippen molar-refractivity contribution < 1.29 is 24.5 Å². The van der Waals surface area contributed by atoms with E-state index in [1.54, 1.807) is 0 Å². The lowest BCUT2D eigenvalue weighted by Gasteiger charge is -2.44. The molecular weight excluding hydrogens is 424 g/mol. The summed E-state index contributed by atoms with van der Waals surface area (Å²) >= 11 is 0. The molecule has 0 radical (unpaired) electrons. The van der Waals surface area contributed by atoms with Gasteiger partial charge in [-0.2, -0.15) is 0 Å². The Morgan fingerprint density at radius 1 is 1.09 bits per heavy atom. The topological polar surface area (TPSA) is 129 Å². The Hall–Kier alpha value is -3.72. The summed E-state index contributed by atoms with van der Waals surface area (Å²) in [5, 5.41) is 25.6. The van der Waals surface area contributed by atoms with Crippen LogP contribution in [0.2, 0.25) is 0 Å². The average molecular weight is 450 g/mol. The lowest BCUT2D eigenvalue weighted by Crippen LogP contribution is -2.52. The van der Waals surface area contributed by atoms with Gasteiger partial charge < -0.3 is 19.9 Å². The third kappa shape index (κ3) is 5.56. The van der Waals surface area contributed by atoms with E-state index < -0.39 is 11.9 Å². The van der Waals surface area contributed by atoms with Crippen LogP contribution in [0.25, 0.3) is 22.2 Å². The predicted molar refractivity (Wildman–Crippen MR) is 122 cm³/mol. The van der Waals surface area contributed by atoms with Crippen LogP contribution in [0.15, 0.2) is 48.7 Å². The molecule has 0 amide bonds. The summed E-state index contributed by atoms with van der Waals surface area (Å²) in [7, 11) is 0. The fraction of sp³-hybridized carbons (Fsp3) is 0.333. The summed E-state index contributed by atoms with van der Waals surface area (Å²) in [6.07, 6.45) is 5.90. The van der Waals surface area contributed by atoms with Gasteiger partial charge in [-0.3, -0.25) is 4.90 Å². The number of nitrogens with one attached hydrogen (secondary N) is 1. The number of carboxylic acids is 2. The molecule has 9 heteroatoms. The number of benzene rings is 1. The summed E-state index contributed by atoms with van der Waals surface area (Å²) in [4.78, 5) is 24.9. The molecule has 172 valence electrons. The Morgan fingerprint density at radius 2 is 1.82 bits per heavy atom. The maximum atomic E-state index is 9.55. The number of aryl methyl sites for hydroxylation is 1. The molecule has 6 rings (SSSR count). The fourth-order valence-corrected chi connectivity index (χ4v) is 4.30. The number of aliphatic carboxylic acids is 2. The average Bonchev–Trinajstić information content (AvgIpc) is 3.19. The molecule has 2 bridgehead atoms. The number of carboxylic acid groups (broad SMARTS) is 2. The first-order valence-electron chi connectivity index (χ1n) is 10.8. The minimum Gasteiger partial charge on any atom is -0.478 e. The van der Waals surface area contributed by atoms with Gasteiger partial charge in [0.25, 0.3) is 0 Å². The van der Waals surface area contributed by atoms with Crippen molar-refractivity contribution in [2.45, 2.75) is 25.9 Å². The first kappa shape index (κ1) is 22.5. The highest BCUT2D eigenvalue weighted by Crippen LogP contribution is 2.30. The standard InChI is InChI=1S/C20H22N4O.C4H4O4/c1-13-11-21-18-3-2-15(10-16(13)18)17-4-5-20(23-22-17)25-19-12-24-8-6-14(19)7-9-24;5-3(6)1-2-4(7)8/h2-5,10-11,14,19,21H,6-9,12H2,1H3;1-2H,(H,5,6)(H,7,8)/t19-;/m0./s1. The Balaban J connectivity index is 0.000000281. The smallest absolute Gasteiger partial charge is 0.328 e. The zero-order valence-corrected chi connectivity index (χ0v) is 18.3. The Kier molecular flexibility index (Phi) is 6.69. The minimum absolute atomic E-state index is 0.265. The monoisotopic (exact) mass is 450 g/mol. The number of hydrogen-bond donors (Lipinski definition) is 3. The Labute approximate surface area is 190 Å². The van der Waals surface area contributed by atoms with Gasteiger partial charge in [0.15, 0.2) is 0 Å². The second kappa shape index (κ2) is 9.83. The molecule has 2 aromatic heterocycles. The first-order valence-corrected chi connectivity index (χ1v) is 10.8. The van der Waals surface area contributed by atoms with Gasteiger partial charge in [0.2, 0.25) is 5.88 Å². The van der Waals surface area contributed by atoms with Gasteiger partial charge in [0.05, 0.1) is 5.69 Å². The molecule has 3 fully saturated rings. The van der Waals surface area contributed by atoms with Crippen molar-refractivity contribution in [2.75, 3.05) is 19.6 Å². The highest BCUT2D eigenvalue weighted by Gasteiger charge is 2.35. The molecule has 9 nitrogen and oxygen atoms in total. The maximum Gasteiger partial charge on any atom is 0.328 e. The van der Waals surface area contributed by atoms with E-state index in [1.165, 1.54) is 36.9 Å². The summed E-state index contributed by atoms with van der Waals surface area (Å²) in [6, 6.07) is 10.3. The highest BCUT2D eigenvalue weighted by atomic mass is 16.5. The Morgan fingerprint density at radius 3 is 2.39 bits per heavy atom. The van der Waals surface area contributed by atoms with E-state index in [4.69, 9.17) is 14.9 Å². The largest absolute Gasteiger partial charge is 0.478 e. The van der Waals surface area contributed by atoms with Crippen molar-refractivity contribution in [3.05, 3.63) is 54.2 Å². The van der Waals surface area contributed by atoms with Crippen LogP contribution in [0.4, 0.5) is 0 Å². The molecule has 1 aromatic carbocycles. The quantitative estimate of drug-likeness (QED) is 0.506. The van der Waals surface area contributed by atoms with E-state index in [0.717, 1.165) is 23.3 Å². The first-order chi connectivity index (χ1) is 15.9. The van der Waals surface area contributed by atoms with Crippen LogP contribution in [-0.2, 0) is 9.59 Å². The lowest BCUT2D eigenvalue weighted by molar-refractivity contribution is -0.134. The molecule has 3 aromatic rings. The summed E-state index contributed by atoms with van der Waals surface area (Å²) in [5.41, 5.74) is 4.35. The Bertz CT molecular complexity index is 1150. The van der Waals surface area contributed by atoms with Gasteiger partial charge in [-0.1, -0.05) is 6.07 Å². The van der Waals surface area contributed by atoms with E-state index in [2.05, 4.69) is 45.2 Å². The number of fused-ring (bicyclic) bond motifs is 4. The number of rotatable bonds is 5. The molecule has 3 saturated heterocycles. The molecule has 0 spiro atoms. The van der Waals surface area contributed by atoms with Crippen LogP contribution in [0, 0.1) is 12.8 Å². The second-order valence-corrected chi connectivity index (χ2v) is 8.29. The number of aromatic nitrogens is 3. The normalized spacial score (nSPS) is 21.5. The van der Waals surface area contributed by atoms with Gasteiger partial charge in [-0.25, -0.2) is 9.59 Å². The molecule has 3 N–H and O–H groups in total. The maximum absolute atomic E-state index is 9.55. The van der Waals surface area contributed by atoms with Crippen molar-refractivity contribution in [1.29, 1.82) is 0 Å². The van der Waals surface area contributed by atoms with Gasteiger partial charge in [0, 0.05) is 47.4 Å². The van der Waals surface area contributed by atoms with Crippen molar-refractivity contribution >= 4 is 22.8 Å². The lowest BCUT2D eigenvalue weighted by atomic mass is 9.86. The molecule has 3 aliphatic rings. The van der Waals surface area contributed by atoms with E-state index in [1.807, 2.05) is 18.3 Å². The number of ether oxygens (including phenoxy) is 1. The zero-order valence-electron chi connectivity index (χ0n) is 18.3. The number of carbonyl (C=O) groups is 2. The molecular formula is C24H26N4O5. The third-order valence-electron chi connectivity index (χ3n) is 6.06. The molecule has 3 aliphatic heterocycles. The third-order valence-corrected chi connectivity index (χ3v) is 6.06. The summed E-state index contributed by atoms with van der Waals surface area (Å²) in [5.74, 6) is -1.20. The van der Waals surface area contributed by atoms with Crippen molar-refractivity contribution in [3.63, 3.8) is 0 Å². The van der Waals surface area contributed by atoms with Crippen LogP contribution in [0.5, 0.6) is 5.88 Å². The molecule has 5 heterocycles. The number of H-pyrrole nitrogens is 1. The van der Waals surface area contributed by atoms with E-state index in [0.29, 0.717) is 23.9 Å². The molecule has 0 unspecified atom stereocenters. The van der Waals surface area contributed by atoms with Crippen molar-refractivity contribution in [3.8, 4) is 17.1 Å². The van der Waals surface area contributed by atoms with Gasteiger partial charge in [-0.05, 0) is 62.5 Å². The zero-order chi connectivity index (χ0) is 23.4. The van der Waals surface area contributed by atoms with E-state index >= 15 is 0 Å².